The van der Waals surface area contributed by atoms with Crippen molar-refractivity contribution < 1.29 is 9.13 Å². The molecule has 1 unspecified atom stereocenters. The second-order valence-corrected chi connectivity index (χ2v) is 5.51. The maximum atomic E-state index is 13.5. The van der Waals surface area contributed by atoms with E-state index in [0.717, 1.165) is 31.7 Å². The Balaban J connectivity index is 2.23. The zero-order valence-electron chi connectivity index (χ0n) is 12.5. The molecule has 0 heterocycles. The molecule has 3 heteroatoms. The normalized spacial score (nSPS) is 12.9. The van der Waals surface area contributed by atoms with Crippen LogP contribution in [0.3, 0.4) is 0 Å². The van der Waals surface area contributed by atoms with Gasteiger partial charge in [0.05, 0.1) is 0 Å². The topological polar surface area (TPSA) is 21.3 Å². The van der Waals surface area contributed by atoms with Gasteiger partial charge in [0.25, 0.3) is 0 Å². The summed E-state index contributed by atoms with van der Waals surface area (Å²) in [6.45, 7) is 10.6. The van der Waals surface area contributed by atoms with Crippen molar-refractivity contribution in [3.63, 3.8) is 0 Å². The SMILES string of the molecule is Cc1ccc(C(C)NCCCOCC(C)C)cc1F. The molecular weight excluding hydrogens is 241 g/mol. The number of ether oxygens (including phenoxy) is 1. The van der Waals surface area contributed by atoms with Crippen molar-refractivity contribution in [2.24, 2.45) is 5.92 Å². The molecule has 0 bridgehead atoms. The Kier molecular flexibility index (Phi) is 7.03. The molecule has 0 aliphatic heterocycles. The molecule has 1 atom stereocenters. The van der Waals surface area contributed by atoms with Gasteiger partial charge in [-0.15, -0.1) is 0 Å². The molecule has 1 aromatic carbocycles. The Hall–Kier alpha value is -0.930. The van der Waals surface area contributed by atoms with Crippen LogP contribution >= 0.6 is 0 Å². The monoisotopic (exact) mass is 267 g/mol. The minimum absolute atomic E-state index is 0.133. The number of rotatable bonds is 8. The van der Waals surface area contributed by atoms with Gasteiger partial charge in [0.15, 0.2) is 0 Å². The van der Waals surface area contributed by atoms with Crippen molar-refractivity contribution in [3.8, 4) is 0 Å². The second kappa shape index (κ2) is 8.28. The van der Waals surface area contributed by atoms with Gasteiger partial charge in [-0.25, -0.2) is 4.39 Å². The first-order chi connectivity index (χ1) is 9.00. The van der Waals surface area contributed by atoms with Crippen LogP contribution in [0.2, 0.25) is 0 Å². The number of benzene rings is 1. The average Bonchev–Trinajstić information content (AvgIpc) is 2.36. The first-order valence-electron chi connectivity index (χ1n) is 7.08. The minimum Gasteiger partial charge on any atom is -0.381 e. The molecule has 0 radical (unpaired) electrons. The molecule has 19 heavy (non-hydrogen) atoms. The molecule has 1 aromatic rings. The van der Waals surface area contributed by atoms with E-state index in [2.05, 4.69) is 26.1 Å². The van der Waals surface area contributed by atoms with Crippen molar-refractivity contribution in [2.45, 2.75) is 40.2 Å². The van der Waals surface area contributed by atoms with Crippen molar-refractivity contribution >= 4 is 0 Å². The highest BCUT2D eigenvalue weighted by Gasteiger charge is 2.06. The summed E-state index contributed by atoms with van der Waals surface area (Å²) >= 11 is 0. The summed E-state index contributed by atoms with van der Waals surface area (Å²) in [4.78, 5) is 0. The van der Waals surface area contributed by atoms with Crippen LogP contribution in [0.15, 0.2) is 18.2 Å². The molecule has 0 spiro atoms. The quantitative estimate of drug-likeness (QED) is 0.722. The zero-order chi connectivity index (χ0) is 14.3. The maximum absolute atomic E-state index is 13.5. The van der Waals surface area contributed by atoms with Crippen molar-refractivity contribution in [1.29, 1.82) is 0 Å². The average molecular weight is 267 g/mol. The van der Waals surface area contributed by atoms with Gasteiger partial charge >= 0.3 is 0 Å². The molecule has 0 amide bonds. The molecule has 0 aliphatic carbocycles. The van der Waals surface area contributed by atoms with Crippen LogP contribution in [-0.4, -0.2) is 19.8 Å². The number of aryl methyl sites for hydroxylation is 1. The maximum Gasteiger partial charge on any atom is 0.126 e. The van der Waals surface area contributed by atoms with Crippen LogP contribution in [0.5, 0.6) is 0 Å². The van der Waals surface area contributed by atoms with E-state index >= 15 is 0 Å². The van der Waals surface area contributed by atoms with E-state index in [4.69, 9.17) is 4.74 Å². The van der Waals surface area contributed by atoms with Crippen LogP contribution in [-0.2, 0) is 4.74 Å². The van der Waals surface area contributed by atoms with E-state index < -0.39 is 0 Å². The van der Waals surface area contributed by atoms with Crippen molar-refractivity contribution in [1.82, 2.24) is 5.32 Å². The van der Waals surface area contributed by atoms with Crippen LogP contribution in [0.25, 0.3) is 0 Å². The van der Waals surface area contributed by atoms with E-state index in [9.17, 15) is 4.39 Å². The molecule has 0 aliphatic rings. The summed E-state index contributed by atoms with van der Waals surface area (Å²) in [5.74, 6) is 0.453. The fourth-order valence-electron chi connectivity index (χ4n) is 1.81. The highest BCUT2D eigenvalue weighted by Crippen LogP contribution is 2.16. The second-order valence-electron chi connectivity index (χ2n) is 5.51. The van der Waals surface area contributed by atoms with Crippen molar-refractivity contribution in [3.05, 3.63) is 35.1 Å². The summed E-state index contributed by atoms with van der Waals surface area (Å²) in [6.07, 6.45) is 0.978. The standard InChI is InChI=1S/C16H26FNO/c1-12(2)11-19-9-5-8-18-14(4)15-7-6-13(3)16(17)10-15/h6-7,10,12,14,18H,5,8-9,11H2,1-4H3. The molecule has 2 nitrogen and oxygen atoms in total. The van der Waals surface area contributed by atoms with Crippen LogP contribution in [0.1, 0.15) is 44.4 Å². The Bertz CT molecular complexity index is 379. The minimum atomic E-state index is -0.133. The number of hydrogen-bond donors (Lipinski definition) is 1. The molecule has 0 aromatic heterocycles. The molecular formula is C16H26FNO. The molecule has 1 N–H and O–H groups in total. The highest BCUT2D eigenvalue weighted by atomic mass is 19.1. The van der Waals surface area contributed by atoms with Crippen LogP contribution in [0, 0.1) is 18.7 Å². The van der Waals surface area contributed by atoms with E-state index in [1.165, 1.54) is 0 Å². The summed E-state index contributed by atoms with van der Waals surface area (Å²) in [5.41, 5.74) is 1.68. The van der Waals surface area contributed by atoms with Gasteiger partial charge in [-0.1, -0.05) is 26.0 Å². The lowest BCUT2D eigenvalue weighted by Gasteiger charge is -2.15. The number of nitrogens with one attached hydrogen (secondary N) is 1. The third-order valence-electron chi connectivity index (χ3n) is 3.06. The Morgan fingerprint density at radius 3 is 2.63 bits per heavy atom. The van der Waals surface area contributed by atoms with E-state index in [1.54, 1.807) is 13.0 Å². The van der Waals surface area contributed by atoms with Gasteiger partial charge in [-0.05, 0) is 49.9 Å². The van der Waals surface area contributed by atoms with E-state index in [-0.39, 0.29) is 11.9 Å². The Morgan fingerprint density at radius 1 is 1.26 bits per heavy atom. The Labute approximate surface area is 116 Å². The first kappa shape index (κ1) is 16.1. The third kappa shape index (κ3) is 6.17. The van der Waals surface area contributed by atoms with Crippen molar-refractivity contribution in [2.75, 3.05) is 19.8 Å². The van der Waals surface area contributed by atoms with Crippen LogP contribution in [0.4, 0.5) is 4.39 Å². The molecule has 0 saturated heterocycles. The lowest BCUT2D eigenvalue weighted by molar-refractivity contribution is 0.107. The molecule has 108 valence electrons. The summed E-state index contributed by atoms with van der Waals surface area (Å²) < 4.78 is 19.0. The fourth-order valence-corrected chi connectivity index (χ4v) is 1.81. The fraction of sp³-hybridized carbons (Fsp3) is 0.625. The predicted octanol–water partition coefficient (Wildman–Crippen LogP) is 3.85. The van der Waals surface area contributed by atoms with Gasteiger partial charge < -0.3 is 10.1 Å². The van der Waals surface area contributed by atoms with Crippen LogP contribution < -0.4 is 5.32 Å². The molecule has 0 saturated carbocycles. The largest absolute Gasteiger partial charge is 0.381 e. The number of halogens is 1. The zero-order valence-corrected chi connectivity index (χ0v) is 12.5. The predicted molar refractivity (Wildman–Crippen MR) is 77.8 cm³/mol. The van der Waals surface area contributed by atoms with Gasteiger partial charge in [-0.3, -0.25) is 0 Å². The summed E-state index contributed by atoms with van der Waals surface area (Å²) in [5, 5.41) is 3.39. The highest BCUT2D eigenvalue weighted by molar-refractivity contribution is 5.25. The van der Waals surface area contributed by atoms with Gasteiger partial charge in [0.1, 0.15) is 5.82 Å². The summed E-state index contributed by atoms with van der Waals surface area (Å²) in [7, 11) is 0. The molecule has 1 rings (SSSR count). The van der Waals surface area contributed by atoms with Gasteiger partial charge in [0, 0.05) is 19.3 Å². The lowest BCUT2D eigenvalue weighted by atomic mass is 10.1. The van der Waals surface area contributed by atoms with E-state index in [1.807, 2.05) is 12.1 Å². The Morgan fingerprint density at radius 2 is 2.00 bits per heavy atom. The number of hydrogen-bond acceptors (Lipinski definition) is 2. The van der Waals surface area contributed by atoms with E-state index in [0.29, 0.717) is 11.5 Å². The van der Waals surface area contributed by atoms with Gasteiger partial charge in [0.2, 0.25) is 0 Å². The summed E-state index contributed by atoms with van der Waals surface area (Å²) in [6, 6.07) is 5.59. The lowest BCUT2D eigenvalue weighted by Crippen LogP contribution is -2.21. The third-order valence-corrected chi connectivity index (χ3v) is 3.06. The first-order valence-corrected chi connectivity index (χ1v) is 7.08. The smallest absolute Gasteiger partial charge is 0.126 e. The molecule has 0 fully saturated rings. The van der Waals surface area contributed by atoms with Gasteiger partial charge in [-0.2, -0.15) is 0 Å².